The van der Waals surface area contributed by atoms with Crippen molar-refractivity contribution in [2.45, 2.75) is 24.7 Å². The van der Waals surface area contributed by atoms with Crippen molar-refractivity contribution in [3.63, 3.8) is 0 Å². The summed E-state index contributed by atoms with van der Waals surface area (Å²) in [6.45, 7) is 0. The average molecular weight is 442 g/mol. The molecule has 2 heterocycles. The summed E-state index contributed by atoms with van der Waals surface area (Å²) in [5.74, 6) is -0.535. The first-order valence-electron chi connectivity index (χ1n) is 10.4. The normalized spacial score (nSPS) is 20.9. The first-order valence-corrected chi connectivity index (χ1v) is 11.3. The van der Waals surface area contributed by atoms with Gasteiger partial charge in [0.25, 0.3) is 0 Å². The van der Waals surface area contributed by atoms with Crippen molar-refractivity contribution in [3.05, 3.63) is 111 Å². The average Bonchev–Trinajstić information content (AvgIpc) is 3.34. The van der Waals surface area contributed by atoms with Crippen molar-refractivity contribution in [3.8, 4) is 6.07 Å². The highest BCUT2D eigenvalue weighted by Crippen LogP contribution is 2.49. The number of carbonyl (C=O) groups excluding carboxylic acids is 1. The molecule has 2 aromatic carbocycles. The van der Waals surface area contributed by atoms with E-state index in [-0.39, 0.29) is 23.3 Å². The van der Waals surface area contributed by atoms with Gasteiger partial charge in [-0.3, -0.25) is 9.69 Å². The Hall–Kier alpha value is -3.69. The Morgan fingerprint density at radius 2 is 1.78 bits per heavy atom. The highest BCUT2D eigenvalue weighted by molar-refractivity contribution is 7.08. The molecule has 0 spiro atoms. The number of halogens is 1. The van der Waals surface area contributed by atoms with Crippen LogP contribution < -0.4 is 10.6 Å². The van der Waals surface area contributed by atoms with Crippen molar-refractivity contribution in [1.82, 2.24) is 0 Å². The summed E-state index contributed by atoms with van der Waals surface area (Å²) < 4.78 is 13.6. The standard InChI is InChI=1S/C26H20FN3OS/c27-19-6-8-20(9-7-19)30-22-12-18(16-4-2-1-3-5-16)13-23(31)25(22)24(17-10-11-32-15-17)21(14-28)26(30)29/h1-11,15,18,24H,12-13,29H2/t18-,24+/m1/s1. The zero-order valence-corrected chi connectivity index (χ0v) is 18.0. The molecule has 0 unspecified atom stereocenters. The molecule has 1 aliphatic heterocycles. The summed E-state index contributed by atoms with van der Waals surface area (Å²) in [6.07, 6.45) is 0.974. The van der Waals surface area contributed by atoms with E-state index >= 15 is 0 Å². The largest absolute Gasteiger partial charge is 0.384 e. The van der Waals surface area contributed by atoms with E-state index in [0.717, 1.165) is 16.8 Å². The van der Waals surface area contributed by atoms with Crippen LogP contribution in [0.2, 0.25) is 0 Å². The Bertz CT molecular complexity index is 1270. The molecule has 32 heavy (non-hydrogen) atoms. The summed E-state index contributed by atoms with van der Waals surface area (Å²) in [6, 6.07) is 20.1. The van der Waals surface area contributed by atoms with Gasteiger partial charge >= 0.3 is 0 Å². The number of anilines is 1. The molecule has 0 amide bonds. The first kappa shape index (κ1) is 20.2. The topological polar surface area (TPSA) is 70.1 Å². The van der Waals surface area contributed by atoms with E-state index in [1.165, 1.54) is 23.5 Å². The minimum absolute atomic E-state index is 0.00459. The lowest BCUT2D eigenvalue weighted by Crippen LogP contribution is -2.40. The van der Waals surface area contributed by atoms with Gasteiger partial charge in [0.1, 0.15) is 11.6 Å². The van der Waals surface area contributed by atoms with Crippen molar-refractivity contribution >= 4 is 22.8 Å². The summed E-state index contributed by atoms with van der Waals surface area (Å²) >= 11 is 1.52. The third kappa shape index (κ3) is 3.31. The lowest BCUT2D eigenvalue weighted by molar-refractivity contribution is -0.116. The number of allylic oxidation sites excluding steroid dienone is 3. The van der Waals surface area contributed by atoms with Crippen LogP contribution >= 0.6 is 11.3 Å². The fourth-order valence-corrected chi connectivity index (χ4v) is 5.43. The molecular weight excluding hydrogens is 421 g/mol. The second-order valence-electron chi connectivity index (χ2n) is 8.01. The van der Waals surface area contributed by atoms with Gasteiger partial charge < -0.3 is 5.73 Å². The second kappa shape index (κ2) is 8.10. The van der Waals surface area contributed by atoms with E-state index in [4.69, 9.17) is 5.73 Å². The number of nitrogens with zero attached hydrogens (tertiary/aromatic N) is 2. The van der Waals surface area contributed by atoms with Crippen molar-refractivity contribution < 1.29 is 9.18 Å². The number of hydrogen-bond acceptors (Lipinski definition) is 5. The fourth-order valence-electron chi connectivity index (χ4n) is 4.75. The van der Waals surface area contributed by atoms with Gasteiger partial charge in [-0.15, -0.1) is 0 Å². The summed E-state index contributed by atoms with van der Waals surface area (Å²) in [5.41, 5.74) is 11.0. The lowest BCUT2D eigenvalue weighted by atomic mass is 9.72. The molecular formula is C26H20FN3OS. The Kier molecular flexibility index (Phi) is 5.12. The van der Waals surface area contributed by atoms with E-state index in [9.17, 15) is 14.4 Å². The molecule has 0 saturated carbocycles. The van der Waals surface area contributed by atoms with Crippen LogP contribution in [0.3, 0.4) is 0 Å². The molecule has 1 aromatic heterocycles. The van der Waals surface area contributed by atoms with Gasteiger partial charge in [0.15, 0.2) is 5.78 Å². The zero-order valence-electron chi connectivity index (χ0n) is 17.2. The third-order valence-electron chi connectivity index (χ3n) is 6.20. The minimum Gasteiger partial charge on any atom is -0.384 e. The molecule has 0 bridgehead atoms. The molecule has 2 N–H and O–H groups in total. The highest BCUT2D eigenvalue weighted by Gasteiger charge is 2.42. The molecule has 158 valence electrons. The van der Waals surface area contributed by atoms with Gasteiger partial charge in [-0.2, -0.15) is 16.6 Å². The Morgan fingerprint density at radius 3 is 2.44 bits per heavy atom. The smallest absolute Gasteiger partial charge is 0.162 e. The van der Waals surface area contributed by atoms with Crippen molar-refractivity contribution in [2.24, 2.45) is 5.73 Å². The van der Waals surface area contributed by atoms with Gasteiger partial charge in [0, 0.05) is 23.4 Å². The van der Waals surface area contributed by atoms with E-state index in [0.29, 0.717) is 29.7 Å². The highest BCUT2D eigenvalue weighted by atomic mass is 32.1. The summed E-state index contributed by atoms with van der Waals surface area (Å²) in [4.78, 5) is 15.4. The number of nitriles is 1. The number of carbonyl (C=O) groups is 1. The molecule has 2 atom stereocenters. The van der Waals surface area contributed by atoms with Crippen LogP contribution in [0.5, 0.6) is 0 Å². The second-order valence-corrected chi connectivity index (χ2v) is 8.79. The number of rotatable bonds is 3. The predicted molar refractivity (Wildman–Crippen MR) is 123 cm³/mol. The first-order chi connectivity index (χ1) is 15.6. The molecule has 0 saturated heterocycles. The van der Waals surface area contributed by atoms with E-state index in [1.807, 2.05) is 47.2 Å². The van der Waals surface area contributed by atoms with E-state index in [1.54, 1.807) is 17.0 Å². The summed E-state index contributed by atoms with van der Waals surface area (Å²) in [5, 5.41) is 13.9. The van der Waals surface area contributed by atoms with Crippen LogP contribution in [0, 0.1) is 17.1 Å². The van der Waals surface area contributed by atoms with Gasteiger partial charge in [-0.25, -0.2) is 4.39 Å². The Balaban J connectivity index is 1.71. The van der Waals surface area contributed by atoms with Crippen molar-refractivity contribution in [2.75, 3.05) is 4.90 Å². The van der Waals surface area contributed by atoms with Crippen LogP contribution in [0.4, 0.5) is 10.1 Å². The van der Waals surface area contributed by atoms with Crippen molar-refractivity contribution in [1.29, 1.82) is 5.26 Å². The lowest BCUT2D eigenvalue weighted by Gasteiger charge is -2.41. The number of thiophene rings is 1. The molecule has 2 aliphatic rings. The molecule has 4 nitrogen and oxygen atoms in total. The van der Waals surface area contributed by atoms with Gasteiger partial charge in [-0.05, 0) is 64.6 Å². The maximum atomic E-state index is 13.6. The van der Waals surface area contributed by atoms with Gasteiger partial charge in [-0.1, -0.05) is 30.3 Å². The quantitative estimate of drug-likeness (QED) is 0.576. The molecule has 5 rings (SSSR count). The number of benzene rings is 2. The van der Waals surface area contributed by atoms with Crippen LogP contribution in [0.25, 0.3) is 0 Å². The Labute approximate surface area is 189 Å². The van der Waals surface area contributed by atoms with Crippen LogP contribution in [-0.4, -0.2) is 5.78 Å². The maximum Gasteiger partial charge on any atom is 0.162 e. The monoisotopic (exact) mass is 441 g/mol. The Morgan fingerprint density at radius 1 is 1.03 bits per heavy atom. The molecule has 0 fully saturated rings. The van der Waals surface area contributed by atoms with E-state index in [2.05, 4.69) is 6.07 Å². The number of nitrogens with two attached hydrogens (primary N) is 1. The number of ketones is 1. The SMILES string of the molecule is N#CC1=C(N)N(c2ccc(F)cc2)C2=C(C(=O)C[C@H](c3ccccc3)C2)[C@H]1c1ccsc1. The predicted octanol–water partition coefficient (Wildman–Crippen LogP) is 5.59. The molecule has 6 heteroatoms. The number of hydrogen-bond donors (Lipinski definition) is 1. The van der Waals surface area contributed by atoms with Crippen LogP contribution in [-0.2, 0) is 4.79 Å². The summed E-state index contributed by atoms with van der Waals surface area (Å²) in [7, 11) is 0. The number of Topliss-reactive ketones (excluding diaryl/α,β-unsaturated/α-hetero) is 1. The van der Waals surface area contributed by atoms with Gasteiger partial charge in [0.2, 0.25) is 0 Å². The molecule has 1 aliphatic carbocycles. The van der Waals surface area contributed by atoms with Crippen LogP contribution in [0.1, 0.15) is 35.8 Å². The maximum absolute atomic E-state index is 13.6. The fraction of sp³-hybridized carbons (Fsp3) is 0.154. The minimum atomic E-state index is -0.484. The molecule has 3 aromatic rings. The van der Waals surface area contributed by atoms with Gasteiger partial charge in [0.05, 0.1) is 17.6 Å². The third-order valence-corrected chi connectivity index (χ3v) is 6.90. The van der Waals surface area contributed by atoms with E-state index < -0.39 is 5.92 Å². The zero-order chi connectivity index (χ0) is 22.2. The van der Waals surface area contributed by atoms with Crippen LogP contribution in [0.15, 0.2) is 94.1 Å². The molecule has 0 radical (unpaired) electrons.